The van der Waals surface area contributed by atoms with Gasteiger partial charge in [-0.15, -0.1) is 0 Å². The number of nitrogens with zero attached hydrogens (tertiary/aromatic N) is 2. The van der Waals surface area contributed by atoms with Crippen LogP contribution in [0.1, 0.15) is 22.7 Å². The number of carbonyl (C=O) groups is 2. The quantitative estimate of drug-likeness (QED) is 0.287. The van der Waals surface area contributed by atoms with Crippen molar-refractivity contribution in [1.82, 2.24) is 15.1 Å². The van der Waals surface area contributed by atoms with E-state index < -0.39 is 18.0 Å². The Morgan fingerprint density at radius 2 is 1.76 bits per heavy atom. The minimum atomic E-state index is -1.03. The molecule has 9 nitrogen and oxygen atoms in total. The predicted octanol–water partition coefficient (Wildman–Crippen LogP) is 4.03. The summed E-state index contributed by atoms with van der Waals surface area (Å²) in [5.74, 6) is 0.131. The first-order valence-corrected chi connectivity index (χ1v) is 11.9. The summed E-state index contributed by atoms with van der Waals surface area (Å²) in [5, 5.41) is 9.70. The molecule has 1 atom stereocenters. The van der Waals surface area contributed by atoms with Gasteiger partial charge in [-0.25, -0.2) is 4.79 Å². The molecule has 0 spiro atoms. The lowest BCUT2D eigenvalue weighted by molar-refractivity contribution is -0.118. The fourth-order valence-corrected chi connectivity index (χ4v) is 3.65. The van der Waals surface area contributed by atoms with Gasteiger partial charge in [0.2, 0.25) is 0 Å². The number of anilines is 1. The average molecular weight is 500 g/mol. The number of rotatable bonds is 11. The minimum Gasteiger partial charge on any atom is -0.492 e. The van der Waals surface area contributed by atoms with Gasteiger partial charge in [0.25, 0.3) is 5.91 Å². The molecule has 4 aromatic rings. The molecular formula is C28H29N5O4. The molecule has 0 aliphatic carbocycles. The lowest BCUT2D eigenvalue weighted by atomic mass is 10.1. The van der Waals surface area contributed by atoms with Crippen molar-refractivity contribution >= 4 is 17.7 Å². The fraction of sp³-hybridized carbons (Fsp3) is 0.179. The summed E-state index contributed by atoms with van der Waals surface area (Å²) in [6, 6.07) is 24.4. The number of hydrogen-bond donors (Lipinski definition) is 3. The zero-order valence-electron chi connectivity index (χ0n) is 20.2. The number of alkyl carbamates (subject to hydrolysis) is 1. The van der Waals surface area contributed by atoms with Gasteiger partial charge in [0, 0.05) is 24.6 Å². The van der Waals surface area contributed by atoms with Crippen LogP contribution in [0.25, 0.3) is 0 Å². The summed E-state index contributed by atoms with van der Waals surface area (Å²) in [4.78, 5) is 26.0. The van der Waals surface area contributed by atoms with E-state index in [4.69, 9.17) is 15.2 Å². The minimum absolute atomic E-state index is 0.0795. The Morgan fingerprint density at radius 1 is 0.946 bits per heavy atom. The Labute approximate surface area is 215 Å². The van der Waals surface area contributed by atoms with Crippen LogP contribution in [-0.4, -0.2) is 28.4 Å². The van der Waals surface area contributed by atoms with Gasteiger partial charge in [-0.2, -0.15) is 5.10 Å². The second kappa shape index (κ2) is 12.9. The van der Waals surface area contributed by atoms with E-state index in [2.05, 4.69) is 15.7 Å². The van der Waals surface area contributed by atoms with E-state index in [-0.39, 0.29) is 6.61 Å². The van der Waals surface area contributed by atoms with Crippen LogP contribution in [0.2, 0.25) is 0 Å². The molecule has 1 aromatic heterocycles. The second-order valence-corrected chi connectivity index (χ2v) is 8.22. The van der Waals surface area contributed by atoms with Crippen LogP contribution in [0, 0.1) is 0 Å². The molecule has 3 aromatic carbocycles. The molecule has 0 aliphatic rings. The van der Waals surface area contributed by atoms with Crippen molar-refractivity contribution in [2.45, 2.75) is 25.7 Å². The van der Waals surface area contributed by atoms with Crippen molar-refractivity contribution in [3.63, 3.8) is 0 Å². The molecule has 0 radical (unpaired) electrons. The van der Waals surface area contributed by atoms with Crippen LogP contribution in [-0.2, 0) is 29.2 Å². The highest BCUT2D eigenvalue weighted by atomic mass is 16.5. The summed E-state index contributed by atoms with van der Waals surface area (Å²) in [6.45, 7) is 1.38. The standard InChI is InChI=1S/C28H29N5O4/c29-19-22-9-4-11-24(17-22)31-27(34)26(32-28(35)37-20-21-7-2-1-3-8-21)23-10-5-12-25(18-23)36-16-15-33-14-6-13-30-33/h1-14,17-18,26H,15-16,19-20,29H2,(H,31,34)(H,32,35)/t26-/m1/s1. The maximum Gasteiger partial charge on any atom is 0.408 e. The molecule has 4 N–H and O–H groups in total. The first-order chi connectivity index (χ1) is 18.1. The van der Waals surface area contributed by atoms with Gasteiger partial charge in [-0.3, -0.25) is 9.48 Å². The molecule has 0 bridgehead atoms. The molecule has 0 aliphatic heterocycles. The predicted molar refractivity (Wildman–Crippen MR) is 140 cm³/mol. The number of amides is 2. The van der Waals surface area contributed by atoms with Crippen LogP contribution in [0.15, 0.2) is 97.3 Å². The molecule has 0 saturated heterocycles. The first kappa shape index (κ1) is 25.5. The third kappa shape index (κ3) is 7.68. The van der Waals surface area contributed by atoms with Crippen LogP contribution in [0.5, 0.6) is 5.75 Å². The summed E-state index contributed by atoms with van der Waals surface area (Å²) >= 11 is 0. The number of nitrogens with two attached hydrogens (primary N) is 1. The van der Waals surface area contributed by atoms with Crippen LogP contribution < -0.4 is 21.1 Å². The SMILES string of the molecule is NCc1cccc(NC(=O)[C@H](NC(=O)OCc2ccccc2)c2cccc(OCCn3cccn3)c2)c1. The molecule has 2 amide bonds. The van der Waals surface area contributed by atoms with E-state index in [0.29, 0.717) is 36.7 Å². The highest BCUT2D eigenvalue weighted by Gasteiger charge is 2.24. The van der Waals surface area contributed by atoms with Crippen molar-refractivity contribution < 1.29 is 19.1 Å². The van der Waals surface area contributed by atoms with Gasteiger partial charge in [-0.05, 0) is 47.0 Å². The van der Waals surface area contributed by atoms with E-state index in [0.717, 1.165) is 11.1 Å². The highest BCUT2D eigenvalue weighted by molar-refractivity contribution is 5.97. The Morgan fingerprint density at radius 3 is 2.54 bits per heavy atom. The monoisotopic (exact) mass is 499 g/mol. The maximum absolute atomic E-state index is 13.3. The molecular weight excluding hydrogens is 470 g/mol. The summed E-state index contributed by atoms with van der Waals surface area (Å²) in [6.07, 6.45) is 2.84. The van der Waals surface area contributed by atoms with Crippen LogP contribution in [0.4, 0.5) is 10.5 Å². The zero-order valence-corrected chi connectivity index (χ0v) is 20.2. The molecule has 9 heteroatoms. The van der Waals surface area contributed by atoms with Gasteiger partial charge >= 0.3 is 6.09 Å². The van der Waals surface area contributed by atoms with Crippen LogP contribution in [0.3, 0.4) is 0 Å². The van der Waals surface area contributed by atoms with Crippen molar-refractivity contribution in [3.8, 4) is 5.75 Å². The molecule has 4 rings (SSSR count). The molecule has 0 unspecified atom stereocenters. The van der Waals surface area contributed by atoms with E-state index in [1.165, 1.54) is 0 Å². The first-order valence-electron chi connectivity index (χ1n) is 11.9. The second-order valence-electron chi connectivity index (χ2n) is 8.22. The van der Waals surface area contributed by atoms with Gasteiger partial charge in [0.05, 0.1) is 6.54 Å². The Balaban J connectivity index is 1.48. The fourth-order valence-electron chi connectivity index (χ4n) is 3.65. The van der Waals surface area contributed by atoms with E-state index in [1.54, 1.807) is 47.3 Å². The number of ether oxygens (including phenoxy) is 2. The Bertz CT molecular complexity index is 1290. The lowest BCUT2D eigenvalue weighted by Gasteiger charge is -2.20. The van der Waals surface area contributed by atoms with Crippen molar-refractivity contribution in [2.75, 3.05) is 11.9 Å². The number of aromatic nitrogens is 2. The smallest absolute Gasteiger partial charge is 0.408 e. The molecule has 190 valence electrons. The van der Waals surface area contributed by atoms with E-state index in [9.17, 15) is 9.59 Å². The summed E-state index contributed by atoms with van der Waals surface area (Å²) < 4.78 is 13.0. The van der Waals surface area contributed by atoms with Gasteiger partial charge in [0.1, 0.15) is 25.0 Å². The topological polar surface area (TPSA) is 121 Å². The van der Waals surface area contributed by atoms with Crippen molar-refractivity contribution in [3.05, 3.63) is 114 Å². The number of carbonyl (C=O) groups excluding carboxylic acids is 2. The van der Waals surface area contributed by atoms with E-state index >= 15 is 0 Å². The van der Waals surface area contributed by atoms with E-state index in [1.807, 2.05) is 54.7 Å². The van der Waals surface area contributed by atoms with Gasteiger partial charge < -0.3 is 25.8 Å². The maximum atomic E-state index is 13.3. The summed E-state index contributed by atoms with van der Waals surface area (Å²) in [7, 11) is 0. The van der Waals surface area contributed by atoms with Crippen LogP contribution >= 0.6 is 0 Å². The lowest BCUT2D eigenvalue weighted by Crippen LogP contribution is -2.37. The third-order valence-electron chi connectivity index (χ3n) is 5.51. The van der Waals surface area contributed by atoms with Gasteiger partial charge in [0.15, 0.2) is 0 Å². The normalized spacial score (nSPS) is 11.4. The van der Waals surface area contributed by atoms with Crippen molar-refractivity contribution in [2.24, 2.45) is 5.73 Å². The molecule has 1 heterocycles. The average Bonchev–Trinajstić information content (AvgIpc) is 3.45. The molecule has 0 fully saturated rings. The number of hydrogen-bond acceptors (Lipinski definition) is 6. The van der Waals surface area contributed by atoms with Crippen molar-refractivity contribution in [1.29, 1.82) is 0 Å². The van der Waals surface area contributed by atoms with Gasteiger partial charge in [-0.1, -0.05) is 54.6 Å². The Hall–Kier alpha value is -4.63. The largest absolute Gasteiger partial charge is 0.492 e. The summed E-state index contributed by atoms with van der Waals surface area (Å²) in [5.41, 5.74) is 8.56. The number of benzene rings is 3. The zero-order chi connectivity index (χ0) is 25.9. The molecule has 0 saturated carbocycles. The third-order valence-corrected chi connectivity index (χ3v) is 5.51. The molecule has 37 heavy (non-hydrogen) atoms. The number of nitrogens with one attached hydrogen (secondary N) is 2. The Kier molecular flexibility index (Phi) is 8.87. The highest BCUT2D eigenvalue weighted by Crippen LogP contribution is 2.22.